The van der Waals surface area contributed by atoms with Crippen LogP contribution in [0, 0.1) is 0 Å². The third-order valence-corrected chi connectivity index (χ3v) is 4.92. The highest BCUT2D eigenvalue weighted by molar-refractivity contribution is 5.93. The molecular formula is C19H28N2O3. The molecular weight excluding hydrogens is 304 g/mol. The Bertz CT molecular complexity index is 536. The van der Waals surface area contributed by atoms with E-state index in [4.69, 9.17) is 9.47 Å². The summed E-state index contributed by atoms with van der Waals surface area (Å²) in [7, 11) is 1.64. The lowest BCUT2D eigenvalue weighted by atomic mass is 10.1. The molecule has 2 fully saturated rings. The van der Waals surface area contributed by atoms with Gasteiger partial charge in [-0.15, -0.1) is 0 Å². The summed E-state index contributed by atoms with van der Waals surface area (Å²) in [5.74, 6) is -0.363. The number of hydrogen-bond acceptors (Lipinski definition) is 4. The molecule has 1 unspecified atom stereocenters. The van der Waals surface area contributed by atoms with Crippen LogP contribution in [-0.2, 0) is 16.0 Å². The Hall–Kier alpha value is -1.43. The smallest absolute Gasteiger partial charge is 0.251 e. The summed E-state index contributed by atoms with van der Waals surface area (Å²) in [6.45, 7) is 2.24. The molecule has 1 amide bonds. The predicted molar refractivity (Wildman–Crippen MR) is 92.8 cm³/mol. The van der Waals surface area contributed by atoms with Gasteiger partial charge in [-0.2, -0.15) is 0 Å². The fourth-order valence-electron chi connectivity index (χ4n) is 3.54. The number of nitrogens with one attached hydrogen (secondary N) is 2. The van der Waals surface area contributed by atoms with E-state index in [1.165, 1.54) is 25.7 Å². The summed E-state index contributed by atoms with van der Waals surface area (Å²) in [5, 5.41) is 6.07. The van der Waals surface area contributed by atoms with E-state index in [9.17, 15) is 4.79 Å². The topological polar surface area (TPSA) is 59.6 Å². The van der Waals surface area contributed by atoms with Gasteiger partial charge in [0.15, 0.2) is 5.79 Å². The zero-order valence-electron chi connectivity index (χ0n) is 14.5. The van der Waals surface area contributed by atoms with Crippen LogP contribution in [-0.4, -0.2) is 38.0 Å². The fourth-order valence-corrected chi connectivity index (χ4v) is 3.54. The number of benzene rings is 1. The van der Waals surface area contributed by atoms with Crippen LogP contribution in [0.15, 0.2) is 24.3 Å². The zero-order valence-corrected chi connectivity index (χ0v) is 14.5. The second kappa shape index (κ2) is 8.10. The van der Waals surface area contributed by atoms with Crippen LogP contribution in [0.3, 0.4) is 0 Å². The van der Waals surface area contributed by atoms with Gasteiger partial charge < -0.3 is 20.1 Å². The molecule has 0 bridgehead atoms. The van der Waals surface area contributed by atoms with E-state index in [1.54, 1.807) is 7.05 Å². The first-order chi connectivity index (χ1) is 11.7. The summed E-state index contributed by atoms with van der Waals surface area (Å²) < 4.78 is 12.3. The van der Waals surface area contributed by atoms with E-state index < -0.39 is 0 Å². The molecule has 0 aromatic heterocycles. The van der Waals surface area contributed by atoms with Gasteiger partial charge in [0, 0.05) is 38.5 Å². The highest BCUT2D eigenvalue weighted by atomic mass is 16.7. The normalized spacial score (nSPS) is 23.1. The molecule has 1 spiro atoms. The molecule has 1 saturated carbocycles. The maximum atomic E-state index is 11.5. The Morgan fingerprint density at radius 3 is 2.54 bits per heavy atom. The molecule has 1 heterocycles. The van der Waals surface area contributed by atoms with Crippen LogP contribution >= 0.6 is 0 Å². The van der Waals surface area contributed by atoms with Crippen LogP contribution in [0.25, 0.3) is 0 Å². The van der Waals surface area contributed by atoms with Crippen LogP contribution in [0.5, 0.6) is 0 Å². The number of rotatable bonds is 5. The summed E-state index contributed by atoms with van der Waals surface area (Å²) in [6.07, 6.45) is 7.20. The molecule has 1 aromatic rings. The molecule has 1 atom stereocenters. The second-order valence-corrected chi connectivity index (χ2v) is 6.78. The summed E-state index contributed by atoms with van der Waals surface area (Å²) >= 11 is 0. The Morgan fingerprint density at radius 1 is 1.17 bits per heavy atom. The SMILES string of the molecule is CNC(=O)c1ccc(CNCC2COC3(CCCCCC3)O2)cc1. The Morgan fingerprint density at radius 2 is 1.88 bits per heavy atom. The molecule has 5 heteroatoms. The van der Waals surface area contributed by atoms with E-state index in [0.717, 1.165) is 31.5 Å². The zero-order chi connectivity index (χ0) is 16.8. The van der Waals surface area contributed by atoms with Crippen LogP contribution in [0.4, 0.5) is 0 Å². The molecule has 3 rings (SSSR count). The minimum atomic E-state index is -0.308. The lowest BCUT2D eigenvalue weighted by Crippen LogP contribution is -2.33. The Balaban J connectivity index is 1.43. The quantitative estimate of drug-likeness (QED) is 0.870. The first kappa shape index (κ1) is 17.4. The highest BCUT2D eigenvalue weighted by Crippen LogP contribution is 2.36. The van der Waals surface area contributed by atoms with Crippen molar-refractivity contribution in [2.24, 2.45) is 0 Å². The summed E-state index contributed by atoms with van der Waals surface area (Å²) in [6, 6.07) is 7.67. The molecule has 0 radical (unpaired) electrons. The largest absolute Gasteiger partial charge is 0.355 e. The van der Waals surface area contributed by atoms with Gasteiger partial charge in [-0.25, -0.2) is 0 Å². The van der Waals surface area contributed by atoms with Crippen LogP contribution in [0.2, 0.25) is 0 Å². The first-order valence-electron chi connectivity index (χ1n) is 9.04. The predicted octanol–water partition coefficient (Wildman–Crippen LogP) is 2.60. The number of carbonyl (C=O) groups excluding carboxylic acids is 1. The van der Waals surface area contributed by atoms with Crippen molar-refractivity contribution in [2.45, 2.75) is 57.0 Å². The lowest BCUT2D eigenvalue weighted by molar-refractivity contribution is -0.175. The van der Waals surface area contributed by atoms with Crippen molar-refractivity contribution in [3.05, 3.63) is 35.4 Å². The van der Waals surface area contributed by atoms with Gasteiger partial charge in [0.1, 0.15) is 0 Å². The van der Waals surface area contributed by atoms with Crippen molar-refractivity contribution in [1.29, 1.82) is 0 Å². The molecule has 24 heavy (non-hydrogen) atoms. The Kier molecular flexibility index (Phi) is 5.87. The van der Waals surface area contributed by atoms with Crippen molar-refractivity contribution in [3.63, 3.8) is 0 Å². The standard InChI is InChI=1S/C19H28N2O3/c1-20-18(22)16-8-6-15(7-9-16)12-21-13-17-14-23-19(24-17)10-4-2-3-5-11-19/h6-9,17,21H,2-5,10-14H2,1H3,(H,20,22). The van der Waals surface area contributed by atoms with E-state index in [1.807, 2.05) is 24.3 Å². The molecule has 132 valence electrons. The summed E-state index contributed by atoms with van der Waals surface area (Å²) in [4.78, 5) is 11.5. The summed E-state index contributed by atoms with van der Waals surface area (Å²) in [5.41, 5.74) is 1.84. The van der Waals surface area contributed by atoms with Crippen molar-refractivity contribution in [3.8, 4) is 0 Å². The average Bonchev–Trinajstić information content (AvgIpc) is 2.86. The molecule has 1 aliphatic heterocycles. The third-order valence-electron chi connectivity index (χ3n) is 4.92. The van der Waals surface area contributed by atoms with Crippen molar-refractivity contribution < 1.29 is 14.3 Å². The van der Waals surface area contributed by atoms with E-state index in [-0.39, 0.29) is 17.8 Å². The van der Waals surface area contributed by atoms with E-state index in [2.05, 4.69) is 10.6 Å². The van der Waals surface area contributed by atoms with Gasteiger partial charge in [0.25, 0.3) is 5.91 Å². The van der Waals surface area contributed by atoms with Crippen LogP contribution in [0.1, 0.15) is 54.4 Å². The first-order valence-corrected chi connectivity index (χ1v) is 9.04. The minimum absolute atomic E-state index is 0.0558. The Labute approximate surface area is 144 Å². The number of carbonyl (C=O) groups is 1. The molecule has 2 N–H and O–H groups in total. The van der Waals surface area contributed by atoms with Crippen LogP contribution < -0.4 is 10.6 Å². The van der Waals surface area contributed by atoms with E-state index >= 15 is 0 Å². The highest BCUT2D eigenvalue weighted by Gasteiger charge is 2.41. The van der Waals surface area contributed by atoms with Crippen molar-refractivity contribution in [2.75, 3.05) is 20.2 Å². The second-order valence-electron chi connectivity index (χ2n) is 6.78. The monoisotopic (exact) mass is 332 g/mol. The lowest BCUT2D eigenvalue weighted by Gasteiger charge is -2.26. The number of ether oxygens (including phenoxy) is 2. The van der Waals surface area contributed by atoms with Gasteiger partial charge >= 0.3 is 0 Å². The molecule has 1 saturated heterocycles. The fraction of sp³-hybridized carbons (Fsp3) is 0.632. The molecule has 2 aliphatic rings. The van der Waals surface area contributed by atoms with Gasteiger partial charge in [-0.3, -0.25) is 4.79 Å². The van der Waals surface area contributed by atoms with E-state index in [0.29, 0.717) is 12.2 Å². The van der Waals surface area contributed by atoms with Crippen molar-refractivity contribution in [1.82, 2.24) is 10.6 Å². The van der Waals surface area contributed by atoms with Gasteiger partial charge in [0.05, 0.1) is 12.7 Å². The minimum Gasteiger partial charge on any atom is -0.355 e. The van der Waals surface area contributed by atoms with Gasteiger partial charge in [-0.1, -0.05) is 25.0 Å². The average molecular weight is 332 g/mol. The maximum Gasteiger partial charge on any atom is 0.251 e. The van der Waals surface area contributed by atoms with Gasteiger partial charge in [0.2, 0.25) is 0 Å². The molecule has 5 nitrogen and oxygen atoms in total. The maximum absolute atomic E-state index is 11.5. The third kappa shape index (κ3) is 4.35. The molecule has 1 aliphatic carbocycles. The van der Waals surface area contributed by atoms with Gasteiger partial charge in [-0.05, 0) is 30.5 Å². The van der Waals surface area contributed by atoms with Crippen molar-refractivity contribution >= 4 is 5.91 Å². The molecule has 1 aromatic carbocycles. The number of hydrogen-bond donors (Lipinski definition) is 2. The number of amides is 1.